The van der Waals surface area contributed by atoms with E-state index in [4.69, 9.17) is 0 Å². The molecule has 0 aliphatic heterocycles. The van der Waals surface area contributed by atoms with E-state index in [1.165, 1.54) is 36.0 Å². The zero-order valence-electron chi connectivity index (χ0n) is 18.3. The van der Waals surface area contributed by atoms with Crippen molar-refractivity contribution in [3.05, 3.63) is 124 Å². The molecule has 1 aromatic heterocycles. The molecule has 3 aromatic carbocycles. The van der Waals surface area contributed by atoms with Crippen molar-refractivity contribution in [3.63, 3.8) is 0 Å². The predicted molar refractivity (Wildman–Crippen MR) is 135 cm³/mol. The minimum atomic E-state index is -0.569. The summed E-state index contributed by atoms with van der Waals surface area (Å²) in [5.41, 5.74) is 1.33. The molecule has 174 valence electrons. The summed E-state index contributed by atoms with van der Waals surface area (Å²) in [7, 11) is 0. The number of nitro benzene ring substituents is 1. The van der Waals surface area contributed by atoms with Gasteiger partial charge < -0.3 is 10.6 Å². The highest BCUT2D eigenvalue weighted by molar-refractivity contribution is 8.00. The van der Waals surface area contributed by atoms with Crippen LogP contribution in [0.25, 0.3) is 0 Å². The Kier molecular flexibility index (Phi) is 7.49. The zero-order chi connectivity index (χ0) is 24.6. The summed E-state index contributed by atoms with van der Waals surface area (Å²) in [6.07, 6.45) is 1.60. The average Bonchev–Trinajstić information content (AvgIpc) is 2.88. The standard InChI is InChI=1S/C26H20N4O4S/c31-25(19-10-6-12-21(16-19)30(33)34)28-20-11-7-13-22(17-20)35-24(18-8-2-1-3-9-18)26(32)29-23-14-4-5-15-27-23/h1-17,24H,(H,28,31)(H,27,29,32). The van der Waals surface area contributed by atoms with Crippen molar-refractivity contribution in [2.24, 2.45) is 0 Å². The number of nitro groups is 1. The Morgan fingerprint density at radius 1 is 0.857 bits per heavy atom. The number of nitrogens with one attached hydrogen (secondary N) is 2. The number of nitrogens with zero attached hydrogens (tertiary/aromatic N) is 2. The number of aromatic nitrogens is 1. The molecular formula is C26H20N4O4S. The van der Waals surface area contributed by atoms with Crippen molar-refractivity contribution in [1.82, 2.24) is 4.98 Å². The highest BCUT2D eigenvalue weighted by Gasteiger charge is 2.23. The highest BCUT2D eigenvalue weighted by Crippen LogP contribution is 2.37. The van der Waals surface area contributed by atoms with Crippen LogP contribution in [0.2, 0.25) is 0 Å². The summed E-state index contributed by atoms with van der Waals surface area (Å²) < 4.78 is 0. The van der Waals surface area contributed by atoms with Gasteiger partial charge in [0.2, 0.25) is 5.91 Å². The molecule has 1 atom stereocenters. The maximum absolute atomic E-state index is 13.2. The van der Waals surface area contributed by atoms with Crippen LogP contribution in [0.1, 0.15) is 21.2 Å². The fourth-order valence-corrected chi connectivity index (χ4v) is 4.36. The van der Waals surface area contributed by atoms with Gasteiger partial charge in [0.25, 0.3) is 11.6 Å². The minimum absolute atomic E-state index is 0.161. The van der Waals surface area contributed by atoms with Gasteiger partial charge in [-0.1, -0.05) is 48.5 Å². The van der Waals surface area contributed by atoms with Gasteiger partial charge in [-0.2, -0.15) is 0 Å². The minimum Gasteiger partial charge on any atom is -0.322 e. The van der Waals surface area contributed by atoms with Gasteiger partial charge in [-0.25, -0.2) is 4.98 Å². The first-order valence-electron chi connectivity index (χ1n) is 10.6. The number of hydrogen-bond donors (Lipinski definition) is 2. The lowest BCUT2D eigenvalue weighted by molar-refractivity contribution is -0.384. The Morgan fingerprint density at radius 2 is 1.63 bits per heavy atom. The van der Waals surface area contributed by atoms with Gasteiger partial charge in [0, 0.05) is 34.5 Å². The first kappa shape index (κ1) is 23.7. The summed E-state index contributed by atoms with van der Waals surface area (Å²) in [6.45, 7) is 0. The van der Waals surface area contributed by atoms with Gasteiger partial charge in [0.05, 0.1) is 4.92 Å². The number of rotatable bonds is 8. The first-order chi connectivity index (χ1) is 17.0. The molecule has 4 rings (SSSR count). The van der Waals surface area contributed by atoms with Gasteiger partial charge >= 0.3 is 0 Å². The second-order valence-corrected chi connectivity index (χ2v) is 8.58. The molecule has 1 heterocycles. The quantitative estimate of drug-likeness (QED) is 0.188. The average molecular weight is 485 g/mol. The maximum Gasteiger partial charge on any atom is 0.270 e. The Balaban J connectivity index is 1.53. The molecule has 35 heavy (non-hydrogen) atoms. The van der Waals surface area contributed by atoms with Gasteiger partial charge in [-0.05, 0) is 42.0 Å². The molecule has 2 amide bonds. The number of pyridine rings is 1. The van der Waals surface area contributed by atoms with Crippen LogP contribution in [0.5, 0.6) is 0 Å². The number of hydrogen-bond acceptors (Lipinski definition) is 6. The van der Waals surface area contributed by atoms with E-state index in [0.717, 1.165) is 10.5 Å². The third-order valence-electron chi connectivity index (χ3n) is 4.92. The molecule has 9 heteroatoms. The fourth-order valence-electron chi connectivity index (χ4n) is 3.28. The molecule has 0 aliphatic carbocycles. The number of carbonyl (C=O) groups excluding carboxylic acids is 2. The largest absolute Gasteiger partial charge is 0.322 e. The number of benzene rings is 3. The Bertz CT molecular complexity index is 1350. The van der Waals surface area contributed by atoms with Crippen LogP contribution in [0, 0.1) is 10.1 Å². The van der Waals surface area contributed by atoms with E-state index in [1.807, 2.05) is 36.4 Å². The second-order valence-electron chi connectivity index (χ2n) is 7.40. The molecule has 8 nitrogen and oxygen atoms in total. The lowest BCUT2D eigenvalue weighted by Gasteiger charge is -2.17. The van der Waals surface area contributed by atoms with E-state index in [2.05, 4.69) is 15.6 Å². The van der Waals surface area contributed by atoms with Crippen LogP contribution in [0.15, 0.2) is 108 Å². The molecule has 0 fully saturated rings. The summed E-state index contributed by atoms with van der Waals surface area (Å²) in [4.78, 5) is 41.2. The van der Waals surface area contributed by atoms with Crippen molar-refractivity contribution < 1.29 is 14.5 Å². The van der Waals surface area contributed by atoms with Crippen LogP contribution in [0.3, 0.4) is 0 Å². The summed E-state index contributed by atoms with van der Waals surface area (Å²) >= 11 is 1.33. The van der Waals surface area contributed by atoms with Gasteiger partial charge in [-0.3, -0.25) is 19.7 Å². The van der Waals surface area contributed by atoms with Crippen molar-refractivity contribution >= 4 is 40.8 Å². The van der Waals surface area contributed by atoms with E-state index >= 15 is 0 Å². The van der Waals surface area contributed by atoms with Crippen molar-refractivity contribution in [2.45, 2.75) is 10.1 Å². The molecule has 0 spiro atoms. The third-order valence-corrected chi connectivity index (χ3v) is 6.17. The Morgan fingerprint density at radius 3 is 2.37 bits per heavy atom. The van der Waals surface area contributed by atoms with E-state index in [1.54, 1.807) is 42.6 Å². The maximum atomic E-state index is 13.2. The van der Waals surface area contributed by atoms with Crippen LogP contribution >= 0.6 is 11.8 Å². The van der Waals surface area contributed by atoms with Crippen LogP contribution in [0.4, 0.5) is 17.2 Å². The van der Waals surface area contributed by atoms with Crippen LogP contribution in [-0.4, -0.2) is 21.7 Å². The molecule has 4 aromatic rings. The number of non-ortho nitro benzene ring substituents is 1. The number of carbonyl (C=O) groups is 2. The van der Waals surface area contributed by atoms with E-state index < -0.39 is 16.1 Å². The lowest BCUT2D eigenvalue weighted by Crippen LogP contribution is -2.19. The van der Waals surface area contributed by atoms with E-state index in [-0.39, 0.29) is 17.2 Å². The third kappa shape index (κ3) is 6.30. The molecule has 0 bridgehead atoms. The van der Waals surface area contributed by atoms with Crippen molar-refractivity contribution in [2.75, 3.05) is 10.6 Å². The molecular weight excluding hydrogens is 464 g/mol. The number of amides is 2. The zero-order valence-corrected chi connectivity index (χ0v) is 19.1. The van der Waals surface area contributed by atoms with Crippen molar-refractivity contribution in [1.29, 1.82) is 0 Å². The number of anilines is 2. The van der Waals surface area contributed by atoms with Crippen LogP contribution in [-0.2, 0) is 4.79 Å². The second kappa shape index (κ2) is 11.1. The highest BCUT2D eigenvalue weighted by atomic mass is 32.2. The predicted octanol–water partition coefficient (Wildman–Crippen LogP) is 5.71. The number of thioether (sulfide) groups is 1. The molecule has 0 saturated carbocycles. The topological polar surface area (TPSA) is 114 Å². The first-order valence-corrected chi connectivity index (χ1v) is 11.5. The monoisotopic (exact) mass is 484 g/mol. The van der Waals surface area contributed by atoms with Gasteiger partial charge in [0.1, 0.15) is 11.1 Å². The molecule has 2 N–H and O–H groups in total. The molecule has 0 saturated heterocycles. The van der Waals surface area contributed by atoms with Crippen LogP contribution < -0.4 is 10.6 Å². The molecule has 0 radical (unpaired) electrons. The smallest absolute Gasteiger partial charge is 0.270 e. The molecule has 0 aliphatic rings. The molecule has 1 unspecified atom stereocenters. The Hall–Kier alpha value is -4.50. The summed E-state index contributed by atoms with van der Waals surface area (Å²) in [5, 5.41) is 16.0. The normalized spacial score (nSPS) is 11.3. The summed E-state index contributed by atoms with van der Waals surface area (Å²) in [6, 6.07) is 27.3. The van der Waals surface area contributed by atoms with E-state index in [9.17, 15) is 19.7 Å². The van der Waals surface area contributed by atoms with Gasteiger partial charge in [0.15, 0.2) is 0 Å². The van der Waals surface area contributed by atoms with Gasteiger partial charge in [-0.15, -0.1) is 11.8 Å². The lowest BCUT2D eigenvalue weighted by atomic mass is 10.1. The van der Waals surface area contributed by atoms with E-state index in [0.29, 0.717) is 11.5 Å². The van der Waals surface area contributed by atoms with Crippen molar-refractivity contribution in [3.8, 4) is 0 Å². The fraction of sp³-hybridized carbons (Fsp3) is 0.0385. The summed E-state index contributed by atoms with van der Waals surface area (Å²) in [5.74, 6) is -0.244. The SMILES string of the molecule is O=C(Nc1cccc(SC(C(=O)Nc2ccccn2)c2ccccc2)c1)c1cccc([N+](=O)[O-])c1. The Labute approximate surface area is 205 Å².